The number of aliphatic hydroxyl groups is 12. The summed E-state index contributed by atoms with van der Waals surface area (Å²) in [6.07, 6.45) is -31.4. The van der Waals surface area contributed by atoms with E-state index in [1.165, 1.54) is 121 Å². The summed E-state index contributed by atoms with van der Waals surface area (Å²) >= 11 is 0. The predicted molar refractivity (Wildman–Crippen MR) is 371 cm³/mol. The van der Waals surface area contributed by atoms with Crippen LogP contribution in [0.15, 0.2) is 156 Å². The van der Waals surface area contributed by atoms with Crippen LogP contribution in [-0.4, -0.2) is 265 Å². The van der Waals surface area contributed by atoms with Crippen LogP contribution in [0.25, 0.3) is 46.6 Å². The average molecular weight is 1540 g/mol. The number of carbonyl (C=O) groups is 4. The van der Waals surface area contributed by atoms with E-state index in [1.807, 2.05) is 0 Å². The van der Waals surface area contributed by atoms with Crippen molar-refractivity contribution in [3.8, 4) is 68.8 Å². The van der Waals surface area contributed by atoms with Gasteiger partial charge >= 0.3 is 35.2 Å². The lowest BCUT2D eigenvalue weighted by atomic mass is 9.99. The van der Waals surface area contributed by atoms with Crippen molar-refractivity contribution < 1.29 is 172 Å². The van der Waals surface area contributed by atoms with Crippen molar-refractivity contribution >= 4 is 59.2 Å². The molecule has 5 heterocycles. The van der Waals surface area contributed by atoms with Crippen LogP contribution in [0.2, 0.25) is 0 Å². The molecule has 4 aliphatic rings. The Hall–Kier alpha value is -11.1. The van der Waals surface area contributed by atoms with Gasteiger partial charge in [0.2, 0.25) is 36.7 Å². The summed E-state index contributed by atoms with van der Waals surface area (Å²) in [6, 6.07) is 27.4. The van der Waals surface area contributed by atoms with Crippen molar-refractivity contribution in [1.29, 1.82) is 0 Å². The van der Waals surface area contributed by atoms with Crippen molar-refractivity contribution in [2.24, 2.45) is 0 Å². The van der Waals surface area contributed by atoms with Gasteiger partial charge in [0.15, 0.2) is 11.5 Å². The molecule has 35 nitrogen and oxygen atoms in total. The third-order valence-corrected chi connectivity index (χ3v) is 17.5. The number of aliphatic hydroxyl groups excluding tert-OH is 12. The number of fused-ring (bicyclic) bond motifs is 1. The van der Waals surface area contributed by atoms with Crippen LogP contribution in [0.3, 0.4) is 0 Å². The van der Waals surface area contributed by atoms with Gasteiger partial charge in [0.05, 0.1) is 11.6 Å². The summed E-state index contributed by atoms with van der Waals surface area (Å²) in [5.74, 6) is -9.66. The SMILES string of the molecule is O=C(C=Cc1ccc(O)cc1)OCC1OC(Oc2cc(O)c3cc(OC4OC(COC(=O)C=Cc5ccc(O)cc5)C(O)C(O)C4O)c(-c4cc(OC5OC(COC(=O)C=Cc6ccc(O)cc6)C(O)C(O)C5O)c(O)c(OC5OC(COC(=O)C=Cc6ccc(O)cc6)C(O)C(O)C5O)c4)[o+]c3c2)C(O)C(O)C1O. The molecule has 0 aliphatic carbocycles. The third kappa shape index (κ3) is 19.7. The largest absolute Gasteiger partial charge is 0.508 e. The number of benzene rings is 6. The molecule has 0 spiro atoms. The van der Waals surface area contributed by atoms with E-state index >= 15 is 0 Å². The standard InChI is InChI=1S/C75H74O35/c76-39-13-1-34(2-14-39)9-21-54(81)98-30-50-59(86)63(90)67(94)72(107-50)102-43-27-45(80)44-29-49(106-75-70(97)66(93)62(89)53(110-75)33-101-57(84)24-12-37-7-19-42(79)20-8-37)71(103-46(44)28-43)38-25-47(104-73-68(95)64(91)60(87)51(108-73)31-99-55(82)22-10-35-3-15-40(77)16-4-35)58(85)48(26-38)105-74-69(96)65(92)61(88)52(109-74)32-100-56(83)23-11-36-5-17-41(78)18-6-36/h1-29,50-53,59-70,72-75,86-97H,30-33H2,(H5-,76,77,78,79,80,81,82,83,84,85)/p+1. The van der Waals surface area contributed by atoms with Crippen molar-refractivity contribution in [3.05, 3.63) is 174 Å². The fourth-order valence-corrected chi connectivity index (χ4v) is 11.4. The van der Waals surface area contributed by atoms with E-state index in [0.717, 1.165) is 54.6 Å². The minimum Gasteiger partial charge on any atom is -0.508 e. The molecule has 20 atom stereocenters. The Morgan fingerprint density at radius 1 is 0.336 bits per heavy atom. The third-order valence-electron chi connectivity index (χ3n) is 17.5. The first-order chi connectivity index (χ1) is 52.5. The number of rotatable bonds is 25. The van der Waals surface area contributed by atoms with Crippen molar-refractivity contribution in [2.45, 2.75) is 123 Å². The van der Waals surface area contributed by atoms with Crippen LogP contribution in [0.5, 0.6) is 57.5 Å². The van der Waals surface area contributed by atoms with E-state index in [4.69, 9.17) is 61.3 Å². The zero-order valence-corrected chi connectivity index (χ0v) is 57.1. The number of carbonyl (C=O) groups excluding carboxylic acids is 4. The van der Waals surface area contributed by atoms with Gasteiger partial charge in [-0.05, 0) is 95.1 Å². The molecule has 110 heavy (non-hydrogen) atoms. The fourth-order valence-electron chi connectivity index (χ4n) is 11.4. The van der Waals surface area contributed by atoms with Gasteiger partial charge in [0.1, 0.15) is 164 Å². The predicted octanol–water partition coefficient (Wildman–Crippen LogP) is 0.386. The first kappa shape index (κ1) is 80.0. The molecule has 7 aromatic rings. The van der Waals surface area contributed by atoms with E-state index in [9.17, 15) is 111 Å². The normalized spacial score (nSPS) is 28.4. The number of ether oxygens (including phenoxy) is 12. The summed E-state index contributed by atoms with van der Waals surface area (Å²) < 4.78 is 75.4. The molecular formula is C75H75O35+. The molecule has 35 heteroatoms. The molecule has 0 radical (unpaired) electrons. The minimum atomic E-state index is -2.26. The Labute approximate surface area is 621 Å². The van der Waals surface area contributed by atoms with Crippen LogP contribution in [-0.2, 0) is 57.1 Å². The topological polar surface area (TPSA) is 554 Å². The quantitative estimate of drug-likeness (QED) is 0.0159. The van der Waals surface area contributed by atoms with Gasteiger partial charge < -0.3 is 149 Å². The van der Waals surface area contributed by atoms with E-state index < -0.39 is 225 Å². The fraction of sp³-hybridized carbons (Fsp3) is 0.320. The van der Waals surface area contributed by atoms with Gasteiger partial charge in [-0.15, -0.1) is 0 Å². The molecule has 0 saturated carbocycles. The summed E-state index contributed by atoms with van der Waals surface area (Å²) in [7, 11) is 0. The highest BCUT2D eigenvalue weighted by Crippen LogP contribution is 2.48. The molecular weight excluding hydrogens is 1460 g/mol. The number of phenols is 6. The highest BCUT2D eigenvalue weighted by Gasteiger charge is 2.51. The average Bonchev–Trinajstić information content (AvgIpc) is 0.758. The van der Waals surface area contributed by atoms with Crippen molar-refractivity contribution in [2.75, 3.05) is 26.4 Å². The molecule has 0 bridgehead atoms. The summed E-state index contributed by atoms with van der Waals surface area (Å²) in [5.41, 5.74) is 0.910. The second-order valence-electron chi connectivity index (χ2n) is 25.4. The van der Waals surface area contributed by atoms with Crippen LogP contribution < -0.4 is 18.9 Å². The molecule has 20 unspecified atom stereocenters. The molecule has 0 amide bonds. The van der Waals surface area contributed by atoms with Gasteiger partial charge in [-0.3, -0.25) is 0 Å². The summed E-state index contributed by atoms with van der Waals surface area (Å²) in [4.78, 5) is 51.7. The Morgan fingerprint density at radius 3 is 0.918 bits per heavy atom. The lowest BCUT2D eigenvalue weighted by molar-refractivity contribution is -0.279. The van der Waals surface area contributed by atoms with Crippen LogP contribution in [0.1, 0.15) is 22.3 Å². The second-order valence-corrected chi connectivity index (χ2v) is 25.4. The molecule has 11 rings (SSSR count). The van der Waals surface area contributed by atoms with Gasteiger partial charge in [0.25, 0.3) is 0 Å². The van der Waals surface area contributed by atoms with E-state index in [2.05, 4.69) is 0 Å². The monoisotopic (exact) mass is 1540 g/mol. The number of hydrogen-bond acceptors (Lipinski definition) is 34. The Bertz CT molecular complexity index is 4350. The number of phenolic OH excluding ortho intramolecular Hbond substituents is 6. The lowest BCUT2D eigenvalue weighted by Crippen LogP contribution is -2.60. The van der Waals surface area contributed by atoms with Gasteiger partial charge in [0, 0.05) is 48.6 Å². The number of hydrogen-bond donors (Lipinski definition) is 18. The maximum Gasteiger partial charge on any atom is 0.402 e. The number of esters is 4. The van der Waals surface area contributed by atoms with E-state index in [0.29, 0.717) is 22.3 Å². The molecule has 6 aromatic carbocycles. The highest BCUT2D eigenvalue weighted by molar-refractivity contribution is 5.90. The molecule has 4 saturated heterocycles. The van der Waals surface area contributed by atoms with Crippen molar-refractivity contribution in [3.63, 3.8) is 0 Å². The maximum atomic E-state index is 13.0. The van der Waals surface area contributed by atoms with E-state index in [-0.39, 0.29) is 28.4 Å². The highest BCUT2D eigenvalue weighted by atomic mass is 16.7. The number of aromatic hydroxyl groups is 6. The summed E-state index contributed by atoms with van der Waals surface area (Å²) in [5, 5.41) is 198. The summed E-state index contributed by atoms with van der Waals surface area (Å²) in [6.45, 7) is -3.25. The Kier molecular flexibility index (Phi) is 25.8. The molecule has 4 aliphatic heterocycles. The Morgan fingerprint density at radius 2 is 0.618 bits per heavy atom. The molecule has 18 N–H and O–H groups in total. The minimum absolute atomic E-state index is 0.0356. The first-order valence-corrected chi connectivity index (χ1v) is 33.6. The second kappa shape index (κ2) is 35.5. The van der Waals surface area contributed by atoms with Crippen LogP contribution >= 0.6 is 0 Å². The molecule has 584 valence electrons. The lowest BCUT2D eigenvalue weighted by Gasteiger charge is -2.40. The van der Waals surface area contributed by atoms with Crippen LogP contribution in [0.4, 0.5) is 0 Å². The zero-order chi connectivity index (χ0) is 78.8. The van der Waals surface area contributed by atoms with Crippen LogP contribution in [0, 0.1) is 0 Å². The molecule has 4 fully saturated rings. The maximum absolute atomic E-state index is 13.0. The van der Waals surface area contributed by atoms with Gasteiger partial charge in [-0.1, -0.05) is 48.5 Å². The van der Waals surface area contributed by atoms with Gasteiger partial charge in [-0.25, -0.2) is 23.6 Å². The Balaban J connectivity index is 0.957. The molecule has 1 aromatic heterocycles. The van der Waals surface area contributed by atoms with Gasteiger partial charge in [-0.2, -0.15) is 0 Å². The zero-order valence-electron chi connectivity index (χ0n) is 57.1. The smallest absolute Gasteiger partial charge is 0.402 e. The van der Waals surface area contributed by atoms with Crippen molar-refractivity contribution in [1.82, 2.24) is 0 Å². The van der Waals surface area contributed by atoms with E-state index in [1.54, 1.807) is 0 Å². The first-order valence-electron chi connectivity index (χ1n) is 33.6.